The number of anilines is 1. The molecule has 0 aromatic heterocycles. The Morgan fingerprint density at radius 3 is 2.17 bits per heavy atom. The number of hydrogen-bond donors (Lipinski definition) is 1. The minimum Gasteiger partial charge on any atom is -0.355 e. The van der Waals surface area contributed by atoms with E-state index in [9.17, 15) is 9.59 Å². The van der Waals surface area contributed by atoms with Gasteiger partial charge in [0, 0.05) is 24.9 Å². The van der Waals surface area contributed by atoms with Crippen LogP contribution in [0, 0.1) is 0 Å². The number of nitrogens with one attached hydrogen (secondary N) is 1. The molecule has 3 aromatic rings. The molecule has 5 heteroatoms. The zero-order valence-corrected chi connectivity index (χ0v) is 20.1. The Hall–Kier alpha value is -3.70. The lowest BCUT2D eigenvalue weighted by atomic mass is 10.1. The smallest absolute Gasteiger partial charge is 0.251 e. The molecule has 1 saturated heterocycles. The van der Waals surface area contributed by atoms with Gasteiger partial charge in [-0.05, 0) is 60.8 Å². The highest BCUT2D eigenvalue weighted by atomic mass is 16.2. The van der Waals surface area contributed by atoms with E-state index in [0.29, 0.717) is 19.5 Å². The lowest BCUT2D eigenvalue weighted by molar-refractivity contribution is -0.120. The number of carbonyl (C=O) groups excluding carboxylic acids is 2. The molecule has 4 rings (SSSR count). The Morgan fingerprint density at radius 1 is 0.829 bits per heavy atom. The van der Waals surface area contributed by atoms with Crippen LogP contribution >= 0.6 is 0 Å². The third kappa shape index (κ3) is 7.66. The van der Waals surface area contributed by atoms with Gasteiger partial charge in [0.05, 0.1) is 13.0 Å². The van der Waals surface area contributed by atoms with Crippen LogP contribution in [0.4, 0.5) is 5.69 Å². The maximum Gasteiger partial charge on any atom is 0.251 e. The highest BCUT2D eigenvalue weighted by molar-refractivity contribution is 6.03. The number of likely N-dealkylation sites (tertiary alicyclic amines) is 1. The average Bonchev–Trinajstić information content (AvgIpc) is 3.41. The summed E-state index contributed by atoms with van der Waals surface area (Å²) < 4.78 is 0. The quantitative estimate of drug-likeness (QED) is 0.440. The predicted molar refractivity (Wildman–Crippen MR) is 142 cm³/mol. The molecule has 3 aromatic carbocycles. The molecule has 0 aliphatic carbocycles. The molecular weight excluding hydrogens is 434 g/mol. The summed E-state index contributed by atoms with van der Waals surface area (Å²) in [5.41, 5.74) is 3.76. The van der Waals surface area contributed by atoms with Crippen molar-refractivity contribution in [2.24, 2.45) is 0 Å². The van der Waals surface area contributed by atoms with Crippen molar-refractivity contribution < 1.29 is 9.59 Å². The number of rotatable bonds is 10. The maximum atomic E-state index is 13.2. The molecule has 35 heavy (non-hydrogen) atoms. The molecule has 180 valence electrons. The Labute approximate surface area is 208 Å². The van der Waals surface area contributed by atoms with E-state index in [2.05, 4.69) is 10.2 Å². The van der Waals surface area contributed by atoms with Crippen LogP contribution < -0.4 is 10.2 Å². The second-order valence-electron chi connectivity index (χ2n) is 8.90. The molecule has 1 aliphatic rings. The van der Waals surface area contributed by atoms with Crippen molar-refractivity contribution in [3.05, 3.63) is 108 Å². The fourth-order valence-electron chi connectivity index (χ4n) is 4.29. The molecule has 0 unspecified atom stereocenters. The molecule has 1 fully saturated rings. The molecular formula is C30H33N3O2. The fourth-order valence-corrected chi connectivity index (χ4v) is 4.29. The van der Waals surface area contributed by atoms with Gasteiger partial charge < -0.3 is 15.1 Å². The van der Waals surface area contributed by atoms with E-state index in [0.717, 1.165) is 42.0 Å². The van der Waals surface area contributed by atoms with E-state index < -0.39 is 0 Å². The molecule has 1 heterocycles. The molecule has 5 nitrogen and oxygen atoms in total. The van der Waals surface area contributed by atoms with Gasteiger partial charge in [-0.15, -0.1) is 0 Å². The SMILES string of the molecule is O=C(Cc1ccc(N(Cc2ccccc2)C(=O)C=Cc2ccccc2)cc1)NCCN1CCCC1. The number of carbonyl (C=O) groups is 2. The standard InChI is InChI=1S/C30H33N3O2/c34-29(31-19-22-32-20-7-8-21-32)23-26-13-16-28(17-14-26)33(24-27-11-5-2-6-12-27)30(35)18-15-25-9-3-1-4-10-25/h1-6,9-18H,7-8,19-24H2,(H,31,34). The molecule has 2 amide bonds. The molecule has 1 N–H and O–H groups in total. The van der Waals surface area contributed by atoms with E-state index in [-0.39, 0.29) is 11.8 Å². The molecule has 0 saturated carbocycles. The van der Waals surface area contributed by atoms with Gasteiger partial charge in [-0.2, -0.15) is 0 Å². The van der Waals surface area contributed by atoms with E-state index >= 15 is 0 Å². The normalized spacial score (nSPS) is 13.7. The number of hydrogen-bond acceptors (Lipinski definition) is 3. The maximum absolute atomic E-state index is 13.2. The third-order valence-electron chi connectivity index (χ3n) is 6.23. The van der Waals surface area contributed by atoms with E-state index in [4.69, 9.17) is 0 Å². The topological polar surface area (TPSA) is 52.7 Å². The zero-order chi connectivity index (χ0) is 24.3. The van der Waals surface area contributed by atoms with Crippen LogP contribution in [-0.4, -0.2) is 42.9 Å². The summed E-state index contributed by atoms with van der Waals surface area (Å²) >= 11 is 0. The second kappa shape index (κ2) is 12.7. The van der Waals surface area contributed by atoms with Gasteiger partial charge in [0.15, 0.2) is 0 Å². The van der Waals surface area contributed by atoms with Crippen molar-refractivity contribution in [1.82, 2.24) is 10.2 Å². The summed E-state index contributed by atoms with van der Waals surface area (Å²) in [5.74, 6) is -0.0647. The van der Waals surface area contributed by atoms with Crippen molar-refractivity contribution in [2.75, 3.05) is 31.1 Å². The van der Waals surface area contributed by atoms with Gasteiger partial charge >= 0.3 is 0 Å². The van der Waals surface area contributed by atoms with Crippen molar-refractivity contribution in [3.63, 3.8) is 0 Å². The predicted octanol–water partition coefficient (Wildman–Crippen LogP) is 4.69. The summed E-state index contributed by atoms with van der Waals surface area (Å²) in [6, 6.07) is 27.5. The van der Waals surface area contributed by atoms with Crippen LogP contribution in [0.2, 0.25) is 0 Å². The van der Waals surface area contributed by atoms with Crippen LogP contribution in [0.3, 0.4) is 0 Å². The first-order valence-electron chi connectivity index (χ1n) is 12.3. The van der Waals surface area contributed by atoms with Crippen molar-refractivity contribution in [1.29, 1.82) is 0 Å². The van der Waals surface area contributed by atoms with Gasteiger partial charge in [-0.3, -0.25) is 9.59 Å². The first kappa shape index (κ1) is 24.4. The largest absolute Gasteiger partial charge is 0.355 e. The monoisotopic (exact) mass is 467 g/mol. The Morgan fingerprint density at radius 2 is 1.49 bits per heavy atom. The second-order valence-corrected chi connectivity index (χ2v) is 8.90. The Kier molecular flexibility index (Phi) is 8.85. The molecule has 0 radical (unpaired) electrons. The molecule has 0 bridgehead atoms. The van der Waals surface area contributed by atoms with Gasteiger partial charge in [0.2, 0.25) is 5.91 Å². The van der Waals surface area contributed by atoms with Gasteiger partial charge in [0.25, 0.3) is 5.91 Å². The van der Waals surface area contributed by atoms with Gasteiger partial charge in [-0.1, -0.05) is 72.8 Å². The minimum absolute atomic E-state index is 0.0277. The number of amides is 2. The Balaban J connectivity index is 1.40. The fraction of sp³-hybridized carbons (Fsp3) is 0.267. The van der Waals surface area contributed by atoms with Gasteiger partial charge in [-0.25, -0.2) is 0 Å². The summed E-state index contributed by atoms with van der Waals surface area (Å²) in [7, 11) is 0. The number of nitrogens with zero attached hydrogens (tertiary/aromatic N) is 2. The van der Waals surface area contributed by atoms with Crippen LogP contribution in [0.15, 0.2) is 91.0 Å². The Bertz CT molecular complexity index is 1110. The van der Waals surface area contributed by atoms with Crippen molar-refractivity contribution in [2.45, 2.75) is 25.8 Å². The summed E-state index contributed by atoms with van der Waals surface area (Å²) in [5, 5.41) is 3.02. The van der Waals surface area contributed by atoms with E-state index in [1.165, 1.54) is 12.8 Å². The van der Waals surface area contributed by atoms with Crippen molar-refractivity contribution in [3.8, 4) is 0 Å². The van der Waals surface area contributed by atoms with E-state index in [1.54, 1.807) is 11.0 Å². The summed E-state index contributed by atoms with van der Waals surface area (Å²) in [4.78, 5) is 29.7. The first-order valence-corrected chi connectivity index (χ1v) is 12.3. The zero-order valence-electron chi connectivity index (χ0n) is 20.1. The third-order valence-corrected chi connectivity index (χ3v) is 6.23. The summed E-state index contributed by atoms with van der Waals surface area (Å²) in [6.45, 7) is 4.34. The molecule has 0 spiro atoms. The van der Waals surface area contributed by atoms with Crippen LogP contribution in [0.5, 0.6) is 0 Å². The van der Waals surface area contributed by atoms with E-state index in [1.807, 2.05) is 91.0 Å². The molecule has 0 atom stereocenters. The van der Waals surface area contributed by atoms with Crippen LogP contribution in [0.1, 0.15) is 29.5 Å². The lowest BCUT2D eigenvalue weighted by Crippen LogP contribution is -2.34. The summed E-state index contributed by atoms with van der Waals surface area (Å²) in [6.07, 6.45) is 6.29. The average molecular weight is 468 g/mol. The van der Waals surface area contributed by atoms with Gasteiger partial charge in [0.1, 0.15) is 0 Å². The minimum atomic E-state index is -0.0925. The highest BCUT2D eigenvalue weighted by Gasteiger charge is 2.15. The van der Waals surface area contributed by atoms with Crippen molar-refractivity contribution >= 4 is 23.6 Å². The number of benzene rings is 3. The van der Waals surface area contributed by atoms with Crippen LogP contribution in [-0.2, 0) is 22.6 Å². The lowest BCUT2D eigenvalue weighted by Gasteiger charge is -2.22. The highest BCUT2D eigenvalue weighted by Crippen LogP contribution is 2.20. The first-order chi connectivity index (χ1) is 17.2. The van der Waals surface area contributed by atoms with Crippen LogP contribution in [0.25, 0.3) is 6.08 Å². The molecule has 1 aliphatic heterocycles.